The van der Waals surface area contributed by atoms with Gasteiger partial charge in [0.25, 0.3) is 0 Å². The third kappa shape index (κ3) is 5.21. The van der Waals surface area contributed by atoms with Gasteiger partial charge in [-0.2, -0.15) is 0 Å². The predicted octanol–water partition coefficient (Wildman–Crippen LogP) is 3.57. The van der Waals surface area contributed by atoms with E-state index in [1.165, 1.54) is 25.7 Å². The normalized spacial score (nSPS) is 24.7. The maximum atomic E-state index is 12.0. The molecule has 2 amide bonds. The predicted molar refractivity (Wildman–Crippen MR) is 93.9 cm³/mol. The van der Waals surface area contributed by atoms with Crippen molar-refractivity contribution in [2.45, 2.75) is 76.2 Å². The Morgan fingerprint density at radius 2 is 1.71 bits per heavy atom. The number of urea groups is 1. The molecular formula is C19H28N2O3. The molecule has 5 heteroatoms. The van der Waals surface area contributed by atoms with E-state index in [2.05, 4.69) is 10.6 Å². The van der Waals surface area contributed by atoms with E-state index in [0.717, 1.165) is 36.9 Å². The van der Waals surface area contributed by atoms with Crippen LogP contribution in [-0.4, -0.2) is 29.4 Å². The molecule has 1 aromatic rings. The second kappa shape index (κ2) is 8.49. The van der Waals surface area contributed by atoms with E-state index in [1.54, 1.807) is 0 Å². The molecule has 2 fully saturated rings. The van der Waals surface area contributed by atoms with Crippen LogP contribution in [0.5, 0.6) is 0 Å². The third-order valence-corrected chi connectivity index (χ3v) is 5.03. The van der Waals surface area contributed by atoms with Gasteiger partial charge >= 0.3 is 6.03 Å². The summed E-state index contributed by atoms with van der Waals surface area (Å²) in [6.07, 6.45) is 8.34. The minimum atomic E-state index is -0.204. The van der Waals surface area contributed by atoms with Gasteiger partial charge in [-0.3, -0.25) is 0 Å². The highest BCUT2D eigenvalue weighted by Crippen LogP contribution is 2.22. The first-order valence-corrected chi connectivity index (χ1v) is 9.15. The summed E-state index contributed by atoms with van der Waals surface area (Å²) in [5.74, 6) is 0. The van der Waals surface area contributed by atoms with Gasteiger partial charge in [0.1, 0.15) is 0 Å². The molecule has 0 spiro atoms. The molecule has 2 saturated carbocycles. The molecule has 0 atom stereocenters. The summed E-state index contributed by atoms with van der Waals surface area (Å²) in [5, 5.41) is 15.3. The van der Waals surface area contributed by atoms with Crippen molar-refractivity contribution in [2.75, 3.05) is 5.32 Å². The lowest BCUT2D eigenvalue weighted by atomic mass is 9.93. The number of carbonyl (C=O) groups excluding carboxylic acids is 1. The average molecular weight is 332 g/mol. The molecule has 2 aliphatic carbocycles. The van der Waals surface area contributed by atoms with E-state index < -0.39 is 0 Å². The van der Waals surface area contributed by atoms with Gasteiger partial charge in [-0.05, 0) is 56.2 Å². The molecule has 132 valence electrons. The summed E-state index contributed by atoms with van der Waals surface area (Å²) in [6, 6.07) is 7.82. The Labute approximate surface area is 143 Å². The highest BCUT2D eigenvalue weighted by Gasteiger charge is 2.20. The largest absolute Gasteiger partial charge is 0.393 e. The molecule has 0 radical (unpaired) electrons. The topological polar surface area (TPSA) is 70.6 Å². The maximum Gasteiger partial charge on any atom is 0.319 e. The third-order valence-electron chi connectivity index (χ3n) is 5.03. The van der Waals surface area contributed by atoms with Gasteiger partial charge in [-0.25, -0.2) is 4.79 Å². The van der Waals surface area contributed by atoms with Crippen LogP contribution in [0.3, 0.4) is 0 Å². The number of carbonyl (C=O) groups is 1. The molecular weight excluding hydrogens is 304 g/mol. The van der Waals surface area contributed by atoms with Crippen LogP contribution in [0.25, 0.3) is 0 Å². The second-order valence-electron chi connectivity index (χ2n) is 7.02. The summed E-state index contributed by atoms with van der Waals surface area (Å²) in [4.78, 5) is 12.0. The zero-order valence-corrected chi connectivity index (χ0v) is 14.2. The van der Waals surface area contributed by atoms with Crippen molar-refractivity contribution in [1.82, 2.24) is 5.32 Å². The molecule has 0 aromatic heterocycles. The van der Waals surface area contributed by atoms with E-state index in [0.29, 0.717) is 12.7 Å². The fraction of sp³-hybridized carbons (Fsp3) is 0.632. The molecule has 0 heterocycles. The summed E-state index contributed by atoms with van der Waals surface area (Å²) in [5.41, 5.74) is 1.92. The van der Waals surface area contributed by atoms with E-state index in [-0.39, 0.29) is 18.2 Å². The van der Waals surface area contributed by atoms with Crippen molar-refractivity contribution >= 4 is 11.7 Å². The Morgan fingerprint density at radius 1 is 1.04 bits per heavy atom. The molecule has 0 bridgehead atoms. The van der Waals surface area contributed by atoms with E-state index in [4.69, 9.17) is 4.74 Å². The number of benzene rings is 1. The summed E-state index contributed by atoms with van der Waals surface area (Å²) < 4.78 is 5.90. The maximum absolute atomic E-state index is 12.0. The van der Waals surface area contributed by atoms with Gasteiger partial charge in [-0.1, -0.05) is 25.0 Å². The van der Waals surface area contributed by atoms with Crippen molar-refractivity contribution in [1.29, 1.82) is 0 Å². The molecule has 0 saturated heterocycles. The van der Waals surface area contributed by atoms with Gasteiger partial charge in [0.15, 0.2) is 0 Å². The number of anilines is 1. The molecule has 24 heavy (non-hydrogen) atoms. The minimum absolute atomic E-state index is 0.160. The van der Waals surface area contributed by atoms with Gasteiger partial charge in [0.05, 0.1) is 18.8 Å². The lowest BCUT2D eigenvalue weighted by molar-refractivity contribution is 0.0457. The Morgan fingerprint density at radius 3 is 2.38 bits per heavy atom. The van der Waals surface area contributed by atoms with Crippen molar-refractivity contribution in [3.8, 4) is 0 Å². The molecule has 0 unspecified atom stereocenters. The summed E-state index contributed by atoms with van der Waals surface area (Å²) in [7, 11) is 0. The lowest BCUT2D eigenvalue weighted by Gasteiger charge is -2.26. The fourth-order valence-electron chi connectivity index (χ4n) is 3.53. The molecule has 5 nitrogen and oxygen atoms in total. The fourth-order valence-corrected chi connectivity index (χ4v) is 3.53. The summed E-state index contributed by atoms with van der Waals surface area (Å²) in [6.45, 7) is 0.640. The minimum Gasteiger partial charge on any atom is -0.393 e. The molecule has 3 rings (SSSR count). The first kappa shape index (κ1) is 17.2. The van der Waals surface area contributed by atoms with Crippen LogP contribution >= 0.6 is 0 Å². The van der Waals surface area contributed by atoms with E-state index in [1.807, 2.05) is 24.3 Å². The van der Waals surface area contributed by atoms with Gasteiger partial charge in [0.2, 0.25) is 0 Å². The summed E-state index contributed by atoms with van der Waals surface area (Å²) >= 11 is 0. The molecule has 1 aromatic carbocycles. The zero-order chi connectivity index (χ0) is 16.8. The Bertz CT molecular complexity index is 518. The second-order valence-corrected chi connectivity index (χ2v) is 7.02. The number of amides is 2. The van der Waals surface area contributed by atoms with Crippen LogP contribution in [0, 0.1) is 0 Å². The van der Waals surface area contributed by atoms with Crippen LogP contribution < -0.4 is 10.6 Å². The number of aliphatic hydroxyl groups is 1. The van der Waals surface area contributed by atoms with Gasteiger partial charge in [0, 0.05) is 11.7 Å². The SMILES string of the molecule is O=C(Nc1ccc(COC2CCCC2)cc1)NC1CCC(O)CC1. The van der Waals surface area contributed by atoms with Crippen molar-refractivity contribution in [3.05, 3.63) is 29.8 Å². The Hall–Kier alpha value is -1.59. The number of ether oxygens (including phenoxy) is 1. The number of hydrogen-bond acceptors (Lipinski definition) is 3. The Balaban J connectivity index is 1.40. The monoisotopic (exact) mass is 332 g/mol. The Kier molecular flexibility index (Phi) is 6.10. The number of nitrogens with one attached hydrogen (secondary N) is 2. The van der Waals surface area contributed by atoms with Crippen LogP contribution in [-0.2, 0) is 11.3 Å². The molecule has 0 aliphatic heterocycles. The number of rotatable bonds is 5. The first-order valence-electron chi connectivity index (χ1n) is 9.15. The highest BCUT2D eigenvalue weighted by molar-refractivity contribution is 5.89. The molecule has 2 aliphatic rings. The van der Waals surface area contributed by atoms with Crippen LogP contribution in [0.15, 0.2) is 24.3 Å². The number of hydrogen-bond donors (Lipinski definition) is 3. The highest BCUT2D eigenvalue weighted by atomic mass is 16.5. The van der Waals surface area contributed by atoms with Gasteiger partial charge in [-0.15, -0.1) is 0 Å². The first-order chi connectivity index (χ1) is 11.7. The van der Waals surface area contributed by atoms with Crippen LogP contribution in [0.1, 0.15) is 56.9 Å². The van der Waals surface area contributed by atoms with Crippen molar-refractivity contribution in [2.24, 2.45) is 0 Å². The van der Waals surface area contributed by atoms with Crippen LogP contribution in [0.2, 0.25) is 0 Å². The quantitative estimate of drug-likeness (QED) is 0.772. The van der Waals surface area contributed by atoms with Crippen molar-refractivity contribution in [3.63, 3.8) is 0 Å². The molecule has 3 N–H and O–H groups in total. The standard InChI is InChI=1S/C19H28N2O3/c22-17-11-9-16(10-12-17)21-19(23)20-15-7-5-14(6-8-15)13-24-18-3-1-2-4-18/h5-8,16-18,22H,1-4,9-13H2,(H2,20,21,23). The number of aliphatic hydroxyl groups excluding tert-OH is 1. The lowest BCUT2D eigenvalue weighted by Crippen LogP contribution is -2.40. The average Bonchev–Trinajstić information content (AvgIpc) is 3.10. The van der Waals surface area contributed by atoms with E-state index in [9.17, 15) is 9.90 Å². The van der Waals surface area contributed by atoms with Crippen molar-refractivity contribution < 1.29 is 14.6 Å². The van der Waals surface area contributed by atoms with Crippen LogP contribution in [0.4, 0.5) is 10.5 Å². The van der Waals surface area contributed by atoms with Gasteiger partial charge < -0.3 is 20.5 Å². The zero-order valence-electron chi connectivity index (χ0n) is 14.2. The van der Waals surface area contributed by atoms with E-state index >= 15 is 0 Å². The smallest absolute Gasteiger partial charge is 0.319 e.